The average molecular weight is 229 g/mol. The number of unbranched alkanes of at least 4 members (excludes halogenated alkanes) is 5. The summed E-state index contributed by atoms with van der Waals surface area (Å²) in [5.74, 6) is 0.112. The molecule has 0 atom stereocenters. The Morgan fingerprint density at radius 2 is 1.69 bits per heavy atom. The van der Waals surface area contributed by atoms with Crippen molar-refractivity contribution in [3.05, 3.63) is 5.21 Å². The number of hydrogen-bond acceptors (Lipinski definition) is 3. The first-order valence-corrected chi connectivity index (χ1v) is 6.43. The Morgan fingerprint density at radius 1 is 1.00 bits per heavy atom. The number of carbonyl (C=O) groups is 1. The van der Waals surface area contributed by atoms with Crippen molar-refractivity contribution in [2.75, 3.05) is 13.1 Å². The van der Waals surface area contributed by atoms with E-state index in [1.54, 1.807) is 0 Å². The summed E-state index contributed by atoms with van der Waals surface area (Å²) in [6.07, 6.45) is 8.53. The van der Waals surface area contributed by atoms with Gasteiger partial charge in [0.05, 0.1) is 0 Å². The van der Waals surface area contributed by atoms with Crippen molar-refractivity contribution in [1.29, 1.82) is 0 Å². The molecule has 0 aliphatic rings. The minimum absolute atomic E-state index is 0.112. The molecule has 0 heterocycles. The van der Waals surface area contributed by atoms with Crippen molar-refractivity contribution in [2.45, 2.75) is 58.3 Å². The van der Waals surface area contributed by atoms with Gasteiger partial charge in [0, 0.05) is 13.0 Å². The lowest BCUT2D eigenvalue weighted by Crippen LogP contribution is -2.25. The summed E-state index contributed by atoms with van der Waals surface area (Å²) in [7, 11) is 0. The van der Waals surface area contributed by atoms with Crippen LogP contribution in [0.1, 0.15) is 58.3 Å². The van der Waals surface area contributed by atoms with E-state index in [-0.39, 0.29) is 5.91 Å². The zero-order valence-corrected chi connectivity index (χ0v) is 10.4. The van der Waals surface area contributed by atoms with Crippen LogP contribution in [-0.2, 0) is 4.79 Å². The second kappa shape index (κ2) is 12.5. The summed E-state index contributed by atoms with van der Waals surface area (Å²) in [5, 5.41) is 12.7. The van der Waals surface area contributed by atoms with Gasteiger partial charge in [-0.05, 0) is 19.4 Å². The fraction of sp³-hybridized carbons (Fsp3) is 0.917. The molecule has 2 N–H and O–H groups in total. The van der Waals surface area contributed by atoms with Crippen LogP contribution in [0.3, 0.4) is 0 Å². The van der Waals surface area contributed by atoms with Crippen molar-refractivity contribution in [3.63, 3.8) is 0 Å². The predicted octanol–water partition coefficient (Wildman–Crippen LogP) is 2.33. The molecule has 0 aliphatic carbocycles. The SMILES string of the molecule is CCCCCCCCC(=O)NCCCN[O-]. The largest absolute Gasteiger partial charge is 0.788 e. The van der Waals surface area contributed by atoms with Gasteiger partial charge in [0.15, 0.2) is 0 Å². The molecule has 0 saturated carbocycles. The zero-order valence-electron chi connectivity index (χ0n) is 10.4. The molecule has 0 aromatic rings. The summed E-state index contributed by atoms with van der Waals surface area (Å²) in [6, 6.07) is 0. The van der Waals surface area contributed by atoms with Gasteiger partial charge in [-0.1, -0.05) is 39.0 Å². The lowest BCUT2D eigenvalue weighted by molar-refractivity contribution is -0.121. The second-order valence-electron chi connectivity index (χ2n) is 4.12. The third-order valence-corrected chi connectivity index (χ3v) is 2.54. The van der Waals surface area contributed by atoms with Crippen molar-refractivity contribution in [3.8, 4) is 0 Å². The maximum absolute atomic E-state index is 11.3. The molecule has 4 heteroatoms. The molecule has 0 aromatic heterocycles. The monoisotopic (exact) mass is 229 g/mol. The molecule has 0 aromatic carbocycles. The van der Waals surface area contributed by atoms with Crippen molar-refractivity contribution < 1.29 is 4.79 Å². The molecule has 0 unspecified atom stereocenters. The van der Waals surface area contributed by atoms with Crippen LogP contribution in [0.5, 0.6) is 0 Å². The highest BCUT2D eigenvalue weighted by atomic mass is 16.5. The fourth-order valence-electron chi connectivity index (χ4n) is 1.54. The maximum atomic E-state index is 11.3. The Kier molecular flexibility index (Phi) is 12.0. The van der Waals surface area contributed by atoms with E-state index in [9.17, 15) is 10.0 Å². The summed E-state index contributed by atoms with van der Waals surface area (Å²) in [5.41, 5.74) is 1.81. The van der Waals surface area contributed by atoms with Crippen molar-refractivity contribution in [1.82, 2.24) is 10.8 Å². The molecule has 0 aliphatic heterocycles. The topological polar surface area (TPSA) is 64.2 Å². The highest BCUT2D eigenvalue weighted by Gasteiger charge is 1.99. The lowest BCUT2D eigenvalue weighted by Gasteiger charge is -2.08. The van der Waals surface area contributed by atoms with Crippen molar-refractivity contribution in [2.24, 2.45) is 0 Å². The third kappa shape index (κ3) is 11.5. The molecule has 0 rings (SSSR count). The highest BCUT2D eigenvalue weighted by Crippen LogP contribution is 2.06. The third-order valence-electron chi connectivity index (χ3n) is 2.54. The Morgan fingerprint density at radius 3 is 2.38 bits per heavy atom. The van der Waals surface area contributed by atoms with Gasteiger partial charge in [-0.15, -0.1) is 0 Å². The first-order chi connectivity index (χ1) is 7.81. The summed E-state index contributed by atoms with van der Waals surface area (Å²) in [6.45, 7) is 3.21. The Hall–Kier alpha value is -0.610. The van der Waals surface area contributed by atoms with Crippen molar-refractivity contribution >= 4 is 5.91 Å². The van der Waals surface area contributed by atoms with Gasteiger partial charge in [-0.2, -0.15) is 0 Å². The van der Waals surface area contributed by atoms with Crippen LogP contribution in [0.25, 0.3) is 0 Å². The molecule has 0 fully saturated rings. The molecule has 16 heavy (non-hydrogen) atoms. The van der Waals surface area contributed by atoms with Gasteiger partial charge in [-0.3, -0.25) is 4.79 Å². The highest BCUT2D eigenvalue weighted by molar-refractivity contribution is 5.75. The van der Waals surface area contributed by atoms with Gasteiger partial charge >= 0.3 is 0 Å². The maximum Gasteiger partial charge on any atom is 0.219 e. The molecule has 96 valence electrons. The second-order valence-corrected chi connectivity index (χ2v) is 4.12. The smallest absolute Gasteiger partial charge is 0.219 e. The molecule has 0 radical (unpaired) electrons. The Balaban J connectivity index is 3.11. The standard InChI is InChI=1S/C12H25N2O2/c1-2-3-4-5-6-7-9-12(15)13-10-8-11-14-16/h14H,2-11H2,1H3,(H,13,15)/q-1. The van der Waals surface area contributed by atoms with E-state index < -0.39 is 0 Å². The average Bonchev–Trinajstić information content (AvgIpc) is 2.29. The van der Waals surface area contributed by atoms with Crippen LogP contribution in [0, 0.1) is 5.21 Å². The van der Waals surface area contributed by atoms with Crippen LogP contribution in [0.4, 0.5) is 0 Å². The van der Waals surface area contributed by atoms with E-state index >= 15 is 0 Å². The number of hydrogen-bond donors (Lipinski definition) is 2. The van der Waals surface area contributed by atoms with Gasteiger partial charge in [0.2, 0.25) is 5.91 Å². The first kappa shape index (κ1) is 15.4. The minimum Gasteiger partial charge on any atom is -0.788 e. The minimum atomic E-state index is 0.112. The van der Waals surface area contributed by atoms with Crippen LogP contribution in [0.15, 0.2) is 0 Å². The molecule has 0 bridgehead atoms. The molecule has 1 amide bonds. The predicted molar refractivity (Wildman–Crippen MR) is 67.0 cm³/mol. The van der Waals surface area contributed by atoms with E-state index in [0.29, 0.717) is 25.9 Å². The number of carbonyl (C=O) groups excluding carboxylic acids is 1. The molecule has 4 nitrogen and oxygen atoms in total. The Bertz CT molecular complexity index is 163. The summed E-state index contributed by atoms with van der Waals surface area (Å²) < 4.78 is 0. The Labute approximate surface area is 98.8 Å². The van der Waals surface area contributed by atoms with Crippen LogP contribution in [0.2, 0.25) is 0 Å². The number of nitrogens with one attached hydrogen (secondary N) is 2. The number of rotatable bonds is 11. The van der Waals surface area contributed by atoms with Gasteiger partial charge in [0.25, 0.3) is 0 Å². The van der Waals surface area contributed by atoms with E-state index in [0.717, 1.165) is 12.8 Å². The number of hydroxylamine groups is 1. The van der Waals surface area contributed by atoms with Gasteiger partial charge < -0.3 is 16.0 Å². The van der Waals surface area contributed by atoms with E-state index in [1.807, 2.05) is 5.48 Å². The summed E-state index contributed by atoms with van der Waals surface area (Å²) in [4.78, 5) is 11.3. The van der Waals surface area contributed by atoms with Crippen LogP contribution >= 0.6 is 0 Å². The van der Waals surface area contributed by atoms with Crippen LogP contribution < -0.4 is 10.8 Å². The van der Waals surface area contributed by atoms with Gasteiger partial charge in [0.1, 0.15) is 0 Å². The molecule has 0 spiro atoms. The lowest BCUT2D eigenvalue weighted by atomic mass is 10.1. The first-order valence-electron chi connectivity index (χ1n) is 6.43. The van der Waals surface area contributed by atoms with E-state index in [1.165, 1.54) is 25.7 Å². The van der Waals surface area contributed by atoms with E-state index in [4.69, 9.17) is 0 Å². The molecular formula is C12H25N2O2-. The fourth-order valence-corrected chi connectivity index (χ4v) is 1.54. The number of amides is 1. The van der Waals surface area contributed by atoms with E-state index in [2.05, 4.69) is 12.2 Å². The molecular weight excluding hydrogens is 204 g/mol. The zero-order chi connectivity index (χ0) is 12.1. The normalized spacial score (nSPS) is 10.4. The summed E-state index contributed by atoms with van der Waals surface area (Å²) >= 11 is 0. The van der Waals surface area contributed by atoms with Crippen LogP contribution in [-0.4, -0.2) is 19.0 Å². The quantitative estimate of drug-likeness (QED) is 0.422. The van der Waals surface area contributed by atoms with Gasteiger partial charge in [-0.25, -0.2) is 0 Å². The molecule has 0 saturated heterocycles.